The number of rotatable bonds is 3. The molecule has 1 aliphatic rings. The number of carbonyl (C=O) groups excluding carboxylic acids is 1. The lowest BCUT2D eigenvalue weighted by Gasteiger charge is -2.13. The zero-order chi connectivity index (χ0) is 9.97. The molecule has 2 rings (SSSR count). The molecule has 0 bridgehead atoms. The summed E-state index contributed by atoms with van der Waals surface area (Å²) in [5.41, 5.74) is 2.83. The molecule has 3 heteroatoms. The van der Waals surface area contributed by atoms with Gasteiger partial charge in [-0.15, -0.1) is 0 Å². The quantitative estimate of drug-likeness (QED) is 0.611. The van der Waals surface area contributed by atoms with Crippen molar-refractivity contribution in [2.75, 3.05) is 5.52 Å². The number of aldehydes is 1. The zero-order valence-corrected chi connectivity index (χ0v) is 9.24. The summed E-state index contributed by atoms with van der Waals surface area (Å²) in [7, 11) is 0. The van der Waals surface area contributed by atoms with Crippen molar-refractivity contribution < 1.29 is 9.53 Å². The van der Waals surface area contributed by atoms with Crippen LogP contribution in [0, 0.1) is 0 Å². The normalized spacial score (nSPS) is 24.6. The highest BCUT2D eigenvalue weighted by Gasteiger charge is 2.32. The molecule has 0 spiro atoms. The lowest BCUT2D eigenvalue weighted by molar-refractivity contribution is -0.111. The molecule has 74 valence electrons. The summed E-state index contributed by atoms with van der Waals surface area (Å²) in [5.74, 6) is -0.0938. The van der Waals surface area contributed by atoms with Gasteiger partial charge in [0.05, 0.1) is 12.0 Å². The number of hydrogen-bond donors (Lipinski definition) is 0. The minimum absolute atomic E-state index is 0.00396. The van der Waals surface area contributed by atoms with Crippen LogP contribution in [0.1, 0.15) is 17.0 Å². The molecule has 0 radical (unpaired) electrons. The molecule has 0 saturated carbocycles. The minimum Gasteiger partial charge on any atom is -0.366 e. The van der Waals surface area contributed by atoms with Crippen LogP contribution in [0.4, 0.5) is 0 Å². The van der Waals surface area contributed by atoms with Gasteiger partial charge < -0.3 is 9.53 Å². The largest absolute Gasteiger partial charge is 0.366 e. The van der Waals surface area contributed by atoms with Gasteiger partial charge in [-0.3, -0.25) is 0 Å². The van der Waals surface area contributed by atoms with E-state index in [1.807, 2.05) is 18.2 Å². The van der Waals surface area contributed by atoms with Gasteiger partial charge in [-0.1, -0.05) is 40.2 Å². The van der Waals surface area contributed by atoms with Gasteiger partial charge in [0.2, 0.25) is 0 Å². The number of fused-ring (bicyclic) bond motifs is 1. The summed E-state index contributed by atoms with van der Waals surface area (Å²) >= 11 is 3.22. The molecule has 2 atom stereocenters. The molecule has 0 aliphatic heterocycles. The smallest absolute Gasteiger partial charge is 0.130 e. The average Bonchev–Trinajstić information content (AvgIpc) is 2.55. The number of hydrogen-bond acceptors (Lipinski definition) is 2. The molecular weight excluding hydrogens is 244 g/mol. The summed E-state index contributed by atoms with van der Waals surface area (Å²) in [6.45, 7) is 0. The van der Waals surface area contributed by atoms with E-state index < -0.39 is 0 Å². The van der Waals surface area contributed by atoms with Crippen molar-refractivity contribution in [3.05, 3.63) is 35.4 Å². The second-order valence-electron chi connectivity index (χ2n) is 3.38. The molecule has 0 N–H and O–H groups in total. The third kappa shape index (κ3) is 1.62. The van der Waals surface area contributed by atoms with Crippen molar-refractivity contribution >= 4 is 22.2 Å². The maximum absolute atomic E-state index is 11.0. The predicted octanol–water partition coefficient (Wildman–Crippen LogP) is 2.26. The third-order valence-corrected chi connectivity index (χ3v) is 2.92. The van der Waals surface area contributed by atoms with Crippen LogP contribution in [0.25, 0.3) is 0 Å². The molecule has 2 nitrogen and oxygen atoms in total. The highest BCUT2D eigenvalue weighted by atomic mass is 79.9. The number of alkyl halides is 1. The van der Waals surface area contributed by atoms with Gasteiger partial charge in [0.15, 0.2) is 0 Å². The first kappa shape index (κ1) is 9.87. The Hall–Kier alpha value is -0.670. The van der Waals surface area contributed by atoms with E-state index in [9.17, 15) is 4.79 Å². The Morgan fingerprint density at radius 2 is 2.29 bits per heavy atom. The predicted molar refractivity (Wildman–Crippen MR) is 57.6 cm³/mol. The first-order valence-corrected chi connectivity index (χ1v) is 5.69. The standard InChI is InChI=1S/C11H11BrO2/c12-7-14-11-5-8-3-1-2-4-9(8)10(11)6-13/h1-4,6,10-11H,5,7H2. The summed E-state index contributed by atoms with van der Waals surface area (Å²) in [6, 6.07) is 8.03. The molecule has 0 saturated heterocycles. The lowest BCUT2D eigenvalue weighted by atomic mass is 10.0. The van der Waals surface area contributed by atoms with Gasteiger partial charge in [0, 0.05) is 0 Å². The van der Waals surface area contributed by atoms with E-state index in [1.165, 1.54) is 5.56 Å². The first-order valence-electron chi connectivity index (χ1n) is 4.57. The number of carbonyl (C=O) groups is 1. The molecule has 14 heavy (non-hydrogen) atoms. The highest BCUT2D eigenvalue weighted by molar-refractivity contribution is 9.09. The topological polar surface area (TPSA) is 26.3 Å². The lowest BCUT2D eigenvalue weighted by Crippen LogP contribution is -2.18. The molecule has 1 aromatic carbocycles. The van der Waals surface area contributed by atoms with E-state index in [0.717, 1.165) is 18.3 Å². The van der Waals surface area contributed by atoms with Crippen molar-refractivity contribution in [1.82, 2.24) is 0 Å². The Morgan fingerprint density at radius 3 is 3.00 bits per heavy atom. The Kier molecular flexibility index (Phi) is 2.99. The van der Waals surface area contributed by atoms with Crippen molar-refractivity contribution in [2.24, 2.45) is 0 Å². The molecule has 1 aromatic rings. The summed E-state index contributed by atoms with van der Waals surface area (Å²) in [6.07, 6.45) is 1.83. The Balaban J connectivity index is 2.29. The van der Waals surface area contributed by atoms with E-state index in [2.05, 4.69) is 22.0 Å². The number of benzene rings is 1. The van der Waals surface area contributed by atoms with Crippen LogP contribution in [0.5, 0.6) is 0 Å². The summed E-state index contributed by atoms with van der Waals surface area (Å²) in [5, 5.41) is 0. The summed E-state index contributed by atoms with van der Waals surface area (Å²) < 4.78 is 5.47. The van der Waals surface area contributed by atoms with E-state index in [4.69, 9.17) is 4.74 Å². The van der Waals surface area contributed by atoms with Crippen molar-refractivity contribution in [2.45, 2.75) is 18.4 Å². The average molecular weight is 255 g/mol. The molecule has 0 heterocycles. The van der Waals surface area contributed by atoms with Crippen LogP contribution >= 0.6 is 15.9 Å². The Labute approximate surface area is 91.4 Å². The third-order valence-electron chi connectivity index (χ3n) is 2.66. The molecule has 0 aromatic heterocycles. The molecule has 0 amide bonds. The fourth-order valence-corrected chi connectivity index (χ4v) is 2.33. The molecule has 1 aliphatic carbocycles. The van der Waals surface area contributed by atoms with Gasteiger partial charge in [0.1, 0.15) is 11.8 Å². The van der Waals surface area contributed by atoms with Gasteiger partial charge in [-0.05, 0) is 17.5 Å². The van der Waals surface area contributed by atoms with Crippen LogP contribution in [-0.2, 0) is 16.0 Å². The van der Waals surface area contributed by atoms with Crippen LogP contribution in [0.15, 0.2) is 24.3 Å². The van der Waals surface area contributed by atoms with Gasteiger partial charge in [0.25, 0.3) is 0 Å². The fourth-order valence-electron chi connectivity index (χ4n) is 1.99. The van der Waals surface area contributed by atoms with Crippen molar-refractivity contribution in [3.8, 4) is 0 Å². The van der Waals surface area contributed by atoms with Crippen molar-refractivity contribution in [3.63, 3.8) is 0 Å². The maximum Gasteiger partial charge on any atom is 0.130 e. The van der Waals surface area contributed by atoms with Gasteiger partial charge >= 0.3 is 0 Å². The van der Waals surface area contributed by atoms with Crippen molar-refractivity contribution in [1.29, 1.82) is 0 Å². The van der Waals surface area contributed by atoms with Crippen LogP contribution in [0.2, 0.25) is 0 Å². The highest BCUT2D eigenvalue weighted by Crippen LogP contribution is 2.33. The van der Waals surface area contributed by atoms with E-state index in [0.29, 0.717) is 5.52 Å². The van der Waals surface area contributed by atoms with Gasteiger partial charge in [-0.25, -0.2) is 0 Å². The van der Waals surface area contributed by atoms with Crippen LogP contribution in [0.3, 0.4) is 0 Å². The Morgan fingerprint density at radius 1 is 1.50 bits per heavy atom. The summed E-state index contributed by atoms with van der Waals surface area (Å²) in [4.78, 5) is 11.0. The zero-order valence-electron chi connectivity index (χ0n) is 7.65. The second kappa shape index (κ2) is 4.24. The molecular formula is C11H11BrO2. The molecule has 2 unspecified atom stereocenters. The van der Waals surface area contributed by atoms with E-state index in [1.54, 1.807) is 0 Å². The maximum atomic E-state index is 11.0. The second-order valence-corrected chi connectivity index (χ2v) is 3.84. The van der Waals surface area contributed by atoms with Crippen LogP contribution in [-0.4, -0.2) is 17.9 Å². The van der Waals surface area contributed by atoms with Gasteiger partial charge in [-0.2, -0.15) is 0 Å². The SMILES string of the molecule is O=CC1c2ccccc2CC1OCBr. The monoisotopic (exact) mass is 254 g/mol. The van der Waals surface area contributed by atoms with Crippen LogP contribution < -0.4 is 0 Å². The minimum atomic E-state index is -0.0938. The Bertz CT molecular complexity index is 338. The first-order chi connectivity index (χ1) is 6.86. The van der Waals surface area contributed by atoms with E-state index in [-0.39, 0.29) is 12.0 Å². The fraction of sp³-hybridized carbons (Fsp3) is 0.364. The molecule has 0 fully saturated rings. The number of halogens is 1. The number of ether oxygens (including phenoxy) is 1. The van der Waals surface area contributed by atoms with E-state index >= 15 is 0 Å².